The van der Waals surface area contributed by atoms with Crippen LogP contribution in [0.25, 0.3) is 0 Å². The van der Waals surface area contributed by atoms with E-state index in [0.717, 1.165) is 18.4 Å². The van der Waals surface area contributed by atoms with Gasteiger partial charge in [-0.2, -0.15) is 0 Å². The first-order chi connectivity index (χ1) is 10.4. The van der Waals surface area contributed by atoms with Crippen LogP contribution < -0.4 is 4.90 Å². The maximum Gasteiger partial charge on any atom is 0.262 e. The summed E-state index contributed by atoms with van der Waals surface area (Å²) in [6, 6.07) is 1.75. The molecule has 2 heterocycles. The molecule has 5 heteroatoms. The number of amides is 2. The first-order valence-electron chi connectivity index (χ1n) is 7.66. The molecule has 0 unspecified atom stereocenters. The van der Waals surface area contributed by atoms with Gasteiger partial charge in [0.15, 0.2) is 0 Å². The summed E-state index contributed by atoms with van der Waals surface area (Å²) >= 11 is 6.06. The van der Waals surface area contributed by atoms with E-state index in [-0.39, 0.29) is 11.8 Å². The summed E-state index contributed by atoms with van der Waals surface area (Å²) in [6.45, 7) is 7.59. The predicted molar refractivity (Wildman–Crippen MR) is 88.1 cm³/mol. The molecule has 0 aliphatic carbocycles. The minimum absolute atomic E-state index is 0.229. The molecular formula is C17H21ClN2O2. The molecule has 2 amide bonds. The van der Waals surface area contributed by atoms with Crippen LogP contribution in [0.1, 0.15) is 50.8 Å². The van der Waals surface area contributed by atoms with Gasteiger partial charge in [0, 0.05) is 11.1 Å². The van der Waals surface area contributed by atoms with Crippen LogP contribution in [0, 0.1) is 13.8 Å². The van der Waals surface area contributed by atoms with Crippen LogP contribution in [0.2, 0.25) is 5.02 Å². The van der Waals surface area contributed by atoms with Gasteiger partial charge in [-0.25, -0.2) is 9.88 Å². The third kappa shape index (κ3) is 2.80. The van der Waals surface area contributed by atoms with Crippen LogP contribution >= 0.6 is 11.6 Å². The standard InChI is InChI=1S/C17H21ClN2O2/c1-5-7-12-13(8-6-2)17(22)20(16(12)21)15-10(3)9-14(18)11(4)19-15/h9H,5-8H2,1-4H3. The van der Waals surface area contributed by atoms with Crippen LogP contribution in [0.15, 0.2) is 17.2 Å². The lowest BCUT2D eigenvalue weighted by Crippen LogP contribution is -2.33. The zero-order valence-corrected chi connectivity index (χ0v) is 14.3. The molecule has 1 aromatic heterocycles. The smallest absolute Gasteiger partial charge is 0.262 e. The highest BCUT2D eigenvalue weighted by atomic mass is 35.5. The molecule has 0 atom stereocenters. The number of carbonyl (C=O) groups is 2. The third-order valence-corrected chi connectivity index (χ3v) is 4.20. The van der Waals surface area contributed by atoms with Crippen molar-refractivity contribution in [3.63, 3.8) is 0 Å². The Bertz CT molecular complexity index is 637. The van der Waals surface area contributed by atoms with Gasteiger partial charge in [-0.3, -0.25) is 9.59 Å². The molecule has 0 radical (unpaired) electrons. The van der Waals surface area contributed by atoms with E-state index < -0.39 is 0 Å². The largest absolute Gasteiger partial charge is 0.269 e. The number of aryl methyl sites for hydroxylation is 2. The van der Waals surface area contributed by atoms with Crippen molar-refractivity contribution in [2.45, 2.75) is 53.4 Å². The molecule has 0 aromatic carbocycles. The number of hydrogen-bond donors (Lipinski definition) is 0. The van der Waals surface area contributed by atoms with E-state index in [9.17, 15) is 9.59 Å². The lowest BCUT2D eigenvalue weighted by molar-refractivity contribution is -0.120. The second-order valence-corrected chi connectivity index (χ2v) is 6.01. The molecule has 2 rings (SSSR count). The van der Waals surface area contributed by atoms with E-state index in [0.29, 0.717) is 40.5 Å². The highest BCUT2D eigenvalue weighted by molar-refractivity contribution is 6.33. The molecule has 1 aromatic rings. The number of rotatable bonds is 5. The molecule has 0 fully saturated rings. The monoisotopic (exact) mass is 320 g/mol. The molecule has 1 aliphatic heterocycles. The van der Waals surface area contributed by atoms with Gasteiger partial charge in [0.1, 0.15) is 5.82 Å². The normalized spacial score (nSPS) is 15.2. The van der Waals surface area contributed by atoms with Crippen molar-refractivity contribution in [2.75, 3.05) is 4.90 Å². The zero-order valence-electron chi connectivity index (χ0n) is 13.5. The van der Waals surface area contributed by atoms with Crippen molar-refractivity contribution >= 4 is 29.2 Å². The van der Waals surface area contributed by atoms with Crippen LogP contribution in [0.4, 0.5) is 5.82 Å². The number of carbonyl (C=O) groups excluding carboxylic acids is 2. The van der Waals surface area contributed by atoms with Gasteiger partial charge in [0.2, 0.25) is 0 Å². The van der Waals surface area contributed by atoms with E-state index in [4.69, 9.17) is 11.6 Å². The van der Waals surface area contributed by atoms with Gasteiger partial charge in [-0.1, -0.05) is 38.3 Å². The number of imide groups is 1. The Morgan fingerprint density at radius 3 is 2.00 bits per heavy atom. The SMILES string of the molecule is CCCC1=C(CCC)C(=O)N(c2nc(C)c(Cl)cc2C)C1=O. The summed E-state index contributed by atoms with van der Waals surface area (Å²) in [5.41, 5.74) is 2.63. The Morgan fingerprint density at radius 2 is 1.55 bits per heavy atom. The van der Waals surface area contributed by atoms with Gasteiger partial charge in [-0.15, -0.1) is 0 Å². The van der Waals surface area contributed by atoms with E-state index in [1.54, 1.807) is 13.0 Å². The topological polar surface area (TPSA) is 50.3 Å². The molecule has 0 saturated carbocycles. The van der Waals surface area contributed by atoms with Gasteiger partial charge in [0.05, 0.1) is 10.7 Å². The highest BCUT2D eigenvalue weighted by Crippen LogP contribution is 2.33. The molecule has 0 N–H and O–H groups in total. The van der Waals surface area contributed by atoms with E-state index in [1.807, 2.05) is 20.8 Å². The number of aromatic nitrogens is 1. The summed E-state index contributed by atoms with van der Waals surface area (Å²) in [4.78, 5) is 31.0. The molecular weight excluding hydrogens is 300 g/mol. The molecule has 22 heavy (non-hydrogen) atoms. The van der Waals surface area contributed by atoms with Crippen molar-refractivity contribution in [1.29, 1.82) is 0 Å². The summed E-state index contributed by atoms with van der Waals surface area (Å²) in [5.74, 6) is -0.0585. The van der Waals surface area contributed by atoms with Gasteiger partial charge < -0.3 is 0 Å². The number of nitrogens with zero attached hydrogens (tertiary/aromatic N) is 2. The Kier molecular flexibility index (Phi) is 5.01. The predicted octanol–water partition coefficient (Wildman–Crippen LogP) is 4.12. The summed E-state index contributed by atoms with van der Waals surface area (Å²) in [6.07, 6.45) is 2.92. The average Bonchev–Trinajstić information content (AvgIpc) is 2.68. The lowest BCUT2D eigenvalue weighted by Gasteiger charge is -2.17. The zero-order chi connectivity index (χ0) is 16.4. The fourth-order valence-corrected chi connectivity index (χ4v) is 2.92. The number of halogens is 1. The van der Waals surface area contributed by atoms with Crippen LogP contribution in [-0.4, -0.2) is 16.8 Å². The molecule has 1 aliphatic rings. The number of pyridine rings is 1. The Labute approximate surface area is 136 Å². The maximum absolute atomic E-state index is 12.7. The van der Waals surface area contributed by atoms with Crippen LogP contribution in [0.5, 0.6) is 0 Å². The van der Waals surface area contributed by atoms with E-state index >= 15 is 0 Å². The Balaban J connectivity index is 2.49. The molecule has 0 bridgehead atoms. The quantitative estimate of drug-likeness (QED) is 0.767. The van der Waals surface area contributed by atoms with E-state index in [2.05, 4.69) is 4.98 Å². The third-order valence-electron chi connectivity index (χ3n) is 3.81. The molecule has 4 nitrogen and oxygen atoms in total. The Morgan fingerprint density at radius 1 is 1.05 bits per heavy atom. The fourth-order valence-electron chi connectivity index (χ4n) is 2.71. The summed E-state index contributed by atoms with van der Waals surface area (Å²) in [5, 5.41) is 0.538. The average molecular weight is 321 g/mol. The van der Waals surface area contributed by atoms with Crippen LogP contribution in [0.3, 0.4) is 0 Å². The lowest BCUT2D eigenvalue weighted by atomic mass is 10.0. The van der Waals surface area contributed by atoms with Crippen molar-refractivity contribution in [2.24, 2.45) is 0 Å². The van der Waals surface area contributed by atoms with Gasteiger partial charge >= 0.3 is 0 Å². The van der Waals surface area contributed by atoms with E-state index in [1.165, 1.54) is 4.90 Å². The molecule has 0 saturated heterocycles. The second kappa shape index (κ2) is 6.61. The highest BCUT2D eigenvalue weighted by Gasteiger charge is 2.39. The fraction of sp³-hybridized carbons (Fsp3) is 0.471. The van der Waals surface area contributed by atoms with Crippen molar-refractivity contribution in [3.05, 3.63) is 33.5 Å². The van der Waals surface area contributed by atoms with Gasteiger partial charge in [0.25, 0.3) is 11.8 Å². The minimum atomic E-state index is -0.229. The maximum atomic E-state index is 12.7. The molecule has 0 spiro atoms. The first-order valence-corrected chi connectivity index (χ1v) is 8.04. The minimum Gasteiger partial charge on any atom is -0.269 e. The van der Waals surface area contributed by atoms with Crippen molar-refractivity contribution < 1.29 is 9.59 Å². The van der Waals surface area contributed by atoms with Gasteiger partial charge in [-0.05, 0) is 38.3 Å². The Hall–Kier alpha value is -1.68. The second-order valence-electron chi connectivity index (χ2n) is 5.60. The summed E-state index contributed by atoms with van der Waals surface area (Å²) in [7, 11) is 0. The number of anilines is 1. The first kappa shape index (κ1) is 16.7. The van der Waals surface area contributed by atoms with Crippen molar-refractivity contribution in [1.82, 2.24) is 4.98 Å². The van der Waals surface area contributed by atoms with Crippen molar-refractivity contribution in [3.8, 4) is 0 Å². The number of hydrogen-bond acceptors (Lipinski definition) is 3. The summed E-state index contributed by atoms with van der Waals surface area (Å²) < 4.78 is 0. The molecule has 118 valence electrons. The van der Waals surface area contributed by atoms with Crippen LogP contribution in [-0.2, 0) is 9.59 Å².